The van der Waals surface area contributed by atoms with E-state index in [1.54, 1.807) is 41.8 Å². The highest BCUT2D eigenvalue weighted by atomic mass is 35.5. The Hall–Kier alpha value is -1.79. The summed E-state index contributed by atoms with van der Waals surface area (Å²) in [6.07, 6.45) is 1.63. The first kappa shape index (κ1) is 16.1. The average Bonchev–Trinajstić information content (AvgIpc) is 2.82. The fourth-order valence-electron chi connectivity index (χ4n) is 3.06. The van der Waals surface area contributed by atoms with Crippen LogP contribution in [0.1, 0.15) is 12.8 Å². The Kier molecular flexibility index (Phi) is 4.46. The molecule has 6 nitrogen and oxygen atoms in total. The van der Waals surface area contributed by atoms with Gasteiger partial charge in [-0.1, -0.05) is 11.6 Å². The number of piperidine rings is 1. The van der Waals surface area contributed by atoms with Crippen LogP contribution in [-0.2, 0) is 11.5 Å². The largest absolute Gasteiger partial charge is 0.421 e. The number of aromatic nitrogens is 1. The number of rotatable bonds is 3. The van der Waals surface area contributed by atoms with Gasteiger partial charge in [-0.2, -0.15) is 0 Å². The molecule has 1 aliphatic heterocycles. The number of carbonyl (C=O) groups excluding carboxylic acids is 1. The first-order chi connectivity index (χ1) is 11.0. The van der Waals surface area contributed by atoms with E-state index in [0.29, 0.717) is 17.3 Å². The molecule has 1 aromatic heterocycles. The third-order valence-electron chi connectivity index (χ3n) is 4.35. The van der Waals surface area contributed by atoms with Gasteiger partial charge >= 0.3 is 5.76 Å². The Morgan fingerprint density at radius 3 is 2.70 bits per heavy atom. The van der Waals surface area contributed by atoms with Crippen molar-refractivity contribution in [2.75, 3.05) is 27.2 Å². The van der Waals surface area contributed by atoms with Crippen molar-refractivity contribution in [3.63, 3.8) is 0 Å². The van der Waals surface area contributed by atoms with E-state index in [2.05, 4.69) is 4.90 Å². The molecule has 1 aliphatic rings. The zero-order chi connectivity index (χ0) is 16.6. The maximum Gasteiger partial charge on any atom is 0.421 e. The van der Waals surface area contributed by atoms with Gasteiger partial charge in [-0.05, 0) is 25.0 Å². The lowest BCUT2D eigenvalue weighted by molar-refractivity contribution is -0.134. The molecule has 0 aliphatic carbocycles. The maximum absolute atomic E-state index is 12.1. The predicted molar refractivity (Wildman–Crippen MR) is 88.5 cm³/mol. The number of oxazole rings is 1. The average molecular weight is 338 g/mol. The molecule has 0 unspecified atom stereocenters. The van der Waals surface area contributed by atoms with Crippen LogP contribution in [0.4, 0.5) is 0 Å². The van der Waals surface area contributed by atoms with Crippen molar-refractivity contribution in [3.8, 4) is 0 Å². The molecule has 0 radical (unpaired) electrons. The molecule has 0 spiro atoms. The normalized spacial score (nSPS) is 16.8. The van der Waals surface area contributed by atoms with Crippen molar-refractivity contribution in [1.82, 2.24) is 14.4 Å². The van der Waals surface area contributed by atoms with Crippen LogP contribution in [0.25, 0.3) is 11.1 Å². The van der Waals surface area contributed by atoms with Crippen molar-refractivity contribution in [2.24, 2.45) is 5.92 Å². The van der Waals surface area contributed by atoms with Crippen molar-refractivity contribution in [1.29, 1.82) is 0 Å². The van der Waals surface area contributed by atoms with E-state index in [1.165, 1.54) is 0 Å². The summed E-state index contributed by atoms with van der Waals surface area (Å²) in [4.78, 5) is 27.9. The molecule has 1 fully saturated rings. The van der Waals surface area contributed by atoms with Gasteiger partial charge in [0, 0.05) is 44.2 Å². The fourth-order valence-corrected chi connectivity index (χ4v) is 3.22. The Labute approximate surface area is 139 Å². The van der Waals surface area contributed by atoms with E-state index in [0.717, 1.165) is 31.4 Å². The summed E-state index contributed by atoms with van der Waals surface area (Å²) < 4.78 is 6.86. The number of benzene rings is 1. The highest BCUT2D eigenvalue weighted by Crippen LogP contribution is 2.22. The number of halogens is 1. The predicted octanol–water partition coefficient (Wildman–Crippen LogP) is 2.01. The number of amides is 1. The number of hydrogen-bond donors (Lipinski definition) is 0. The second kappa shape index (κ2) is 6.37. The number of hydrogen-bond acceptors (Lipinski definition) is 4. The van der Waals surface area contributed by atoms with E-state index in [4.69, 9.17) is 16.0 Å². The summed E-state index contributed by atoms with van der Waals surface area (Å²) in [6, 6.07) is 5.19. The maximum atomic E-state index is 12.1. The number of likely N-dealkylation sites (tertiary alicyclic amines) is 1. The quantitative estimate of drug-likeness (QED) is 0.859. The number of nitrogens with zero attached hydrogens (tertiary/aromatic N) is 3. The molecule has 0 bridgehead atoms. The van der Waals surface area contributed by atoms with Crippen LogP contribution in [0, 0.1) is 5.92 Å². The van der Waals surface area contributed by atoms with Gasteiger partial charge < -0.3 is 9.32 Å². The molecule has 0 atom stereocenters. The van der Waals surface area contributed by atoms with Crippen LogP contribution in [0.2, 0.25) is 5.02 Å². The molecule has 1 amide bonds. The van der Waals surface area contributed by atoms with Crippen LogP contribution < -0.4 is 5.76 Å². The number of fused-ring (bicyclic) bond motifs is 1. The van der Waals surface area contributed by atoms with Crippen LogP contribution in [0.5, 0.6) is 0 Å². The van der Waals surface area contributed by atoms with Crippen LogP contribution in [-0.4, -0.2) is 47.5 Å². The topological polar surface area (TPSA) is 58.7 Å². The Morgan fingerprint density at radius 1 is 1.35 bits per heavy atom. The molecule has 3 rings (SSSR count). The summed E-state index contributed by atoms with van der Waals surface area (Å²) in [5.41, 5.74) is 1.24. The van der Waals surface area contributed by atoms with Gasteiger partial charge in [-0.3, -0.25) is 14.3 Å². The van der Waals surface area contributed by atoms with Crippen LogP contribution >= 0.6 is 11.6 Å². The molecule has 2 aromatic rings. The molecule has 1 aromatic carbocycles. The minimum absolute atomic E-state index is 0.0814. The summed E-state index contributed by atoms with van der Waals surface area (Å²) in [6.45, 7) is 2.05. The lowest BCUT2D eigenvalue weighted by Crippen LogP contribution is -2.41. The third kappa shape index (κ3) is 3.28. The lowest BCUT2D eigenvalue weighted by atomic mass is 9.96. The molecule has 2 heterocycles. The van der Waals surface area contributed by atoms with Crippen LogP contribution in [0.15, 0.2) is 27.4 Å². The Morgan fingerprint density at radius 2 is 2.04 bits per heavy atom. The van der Waals surface area contributed by atoms with Gasteiger partial charge in [0.05, 0.1) is 12.2 Å². The molecule has 1 saturated heterocycles. The Balaban J connectivity index is 1.71. The molecular formula is C16H20ClN3O3. The number of carbonyl (C=O) groups is 1. The summed E-state index contributed by atoms with van der Waals surface area (Å²) in [5, 5.41) is 0.543. The van der Waals surface area contributed by atoms with Gasteiger partial charge in [0.1, 0.15) is 0 Å². The van der Waals surface area contributed by atoms with E-state index in [9.17, 15) is 9.59 Å². The zero-order valence-electron chi connectivity index (χ0n) is 13.3. The van der Waals surface area contributed by atoms with E-state index >= 15 is 0 Å². The molecular weight excluding hydrogens is 318 g/mol. The minimum atomic E-state index is -0.381. The van der Waals surface area contributed by atoms with Crippen molar-refractivity contribution >= 4 is 28.6 Å². The SMILES string of the molecule is CN(C)C(=O)C1CCN(Cn2c(=O)oc3cc(Cl)ccc32)CC1. The van der Waals surface area contributed by atoms with Gasteiger partial charge in [0.2, 0.25) is 5.91 Å². The molecule has 7 heteroatoms. The Bertz CT molecular complexity index is 772. The monoisotopic (exact) mass is 337 g/mol. The second-order valence-electron chi connectivity index (χ2n) is 6.17. The highest BCUT2D eigenvalue weighted by molar-refractivity contribution is 6.31. The van der Waals surface area contributed by atoms with E-state index in [1.807, 2.05) is 0 Å². The minimum Gasteiger partial charge on any atom is -0.408 e. The molecule has 23 heavy (non-hydrogen) atoms. The molecule has 124 valence electrons. The smallest absolute Gasteiger partial charge is 0.408 e. The highest BCUT2D eigenvalue weighted by Gasteiger charge is 2.26. The van der Waals surface area contributed by atoms with E-state index in [-0.39, 0.29) is 17.6 Å². The van der Waals surface area contributed by atoms with Gasteiger partial charge in [-0.15, -0.1) is 0 Å². The van der Waals surface area contributed by atoms with Crippen molar-refractivity contribution in [3.05, 3.63) is 33.8 Å². The van der Waals surface area contributed by atoms with E-state index < -0.39 is 0 Å². The first-order valence-corrected chi connectivity index (χ1v) is 8.06. The fraction of sp³-hybridized carbons (Fsp3) is 0.500. The molecule has 0 N–H and O–H groups in total. The van der Waals surface area contributed by atoms with Gasteiger partial charge in [0.15, 0.2) is 5.58 Å². The van der Waals surface area contributed by atoms with Crippen LogP contribution in [0.3, 0.4) is 0 Å². The zero-order valence-corrected chi connectivity index (χ0v) is 14.0. The standard InChI is InChI=1S/C16H20ClN3O3/c1-18(2)15(21)11-5-7-19(8-6-11)10-20-13-4-3-12(17)9-14(13)23-16(20)22/h3-4,9,11H,5-8,10H2,1-2H3. The summed E-state index contributed by atoms with van der Waals surface area (Å²) >= 11 is 5.93. The van der Waals surface area contributed by atoms with Gasteiger partial charge in [-0.25, -0.2) is 4.79 Å². The van der Waals surface area contributed by atoms with Crippen molar-refractivity contribution < 1.29 is 9.21 Å². The second-order valence-corrected chi connectivity index (χ2v) is 6.61. The first-order valence-electron chi connectivity index (χ1n) is 7.68. The van der Waals surface area contributed by atoms with Gasteiger partial charge in [0.25, 0.3) is 0 Å². The van der Waals surface area contributed by atoms with Crippen molar-refractivity contribution in [2.45, 2.75) is 19.5 Å². The molecule has 0 saturated carbocycles. The third-order valence-corrected chi connectivity index (χ3v) is 4.58. The summed E-state index contributed by atoms with van der Waals surface area (Å²) in [7, 11) is 3.58. The summed E-state index contributed by atoms with van der Waals surface area (Å²) in [5.74, 6) is -0.114. The lowest BCUT2D eigenvalue weighted by Gasteiger charge is -2.32.